The number of rotatable bonds is 11. The van der Waals surface area contributed by atoms with Gasteiger partial charge in [0.05, 0.1) is 6.61 Å². The van der Waals surface area contributed by atoms with Crippen LogP contribution in [0.5, 0.6) is 0 Å². The summed E-state index contributed by atoms with van der Waals surface area (Å²) in [5, 5.41) is 14.4. The van der Waals surface area contributed by atoms with Gasteiger partial charge in [0, 0.05) is 30.0 Å². The number of aliphatic hydroxyl groups excluding tert-OH is 1. The molecule has 11 heteroatoms. The van der Waals surface area contributed by atoms with E-state index >= 15 is 0 Å². The average Bonchev–Trinajstić information content (AvgIpc) is 2.88. The van der Waals surface area contributed by atoms with Crippen LogP contribution in [0, 0.1) is 0 Å². The third-order valence-corrected chi connectivity index (χ3v) is 6.78. The Morgan fingerprint density at radius 1 is 1.11 bits per heavy atom. The average molecular weight is 514 g/mol. The van der Waals surface area contributed by atoms with Gasteiger partial charge in [0.15, 0.2) is 0 Å². The number of nitrogens with one attached hydrogen (secondary N) is 2. The van der Waals surface area contributed by atoms with Gasteiger partial charge in [-0.25, -0.2) is 4.79 Å². The molecule has 37 heavy (non-hydrogen) atoms. The second-order valence-electron chi connectivity index (χ2n) is 10.1. The molecule has 2 amide bonds. The van der Waals surface area contributed by atoms with Crippen molar-refractivity contribution in [1.29, 1.82) is 0 Å². The van der Waals surface area contributed by atoms with E-state index in [1.54, 1.807) is 29.0 Å². The Morgan fingerprint density at radius 3 is 2.35 bits per heavy atom. The molecular formula is C26H39N7O4. The number of aliphatic hydroxyl groups is 1. The highest BCUT2D eigenvalue weighted by molar-refractivity contribution is 6.04. The summed E-state index contributed by atoms with van der Waals surface area (Å²) in [7, 11) is 4.28. The lowest BCUT2D eigenvalue weighted by molar-refractivity contribution is -0.121. The smallest absolute Gasteiger partial charge is 0.349 e. The maximum absolute atomic E-state index is 12.6. The van der Waals surface area contributed by atoms with E-state index in [9.17, 15) is 19.5 Å². The number of anilines is 2. The number of likely N-dealkylation sites (tertiary alicyclic amines) is 1. The van der Waals surface area contributed by atoms with Gasteiger partial charge in [-0.05, 0) is 96.7 Å². The first-order valence-electron chi connectivity index (χ1n) is 12.7. The number of hydrogen-bond donors (Lipinski definition) is 4. The van der Waals surface area contributed by atoms with Gasteiger partial charge >= 0.3 is 5.69 Å². The zero-order chi connectivity index (χ0) is 27.0. The number of aryl methyl sites for hydroxylation is 1. The molecule has 11 nitrogen and oxygen atoms in total. The molecule has 1 atom stereocenters. The summed E-state index contributed by atoms with van der Waals surface area (Å²) in [6.07, 6.45) is 5.94. The number of benzene rings is 1. The van der Waals surface area contributed by atoms with Crippen molar-refractivity contribution in [3.63, 3.8) is 0 Å². The molecule has 1 fully saturated rings. The number of aromatic nitrogens is 2. The Labute approximate surface area is 217 Å². The Hall–Kier alpha value is -3.12. The maximum atomic E-state index is 12.6. The Kier molecular flexibility index (Phi) is 9.93. The summed E-state index contributed by atoms with van der Waals surface area (Å²) in [5.41, 5.74) is 4.66. The fourth-order valence-corrected chi connectivity index (χ4v) is 4.18. The van der Waals surface area contributed by atoms with Crippen LogP contribution in [0.1, 0.15) is 43.0 Å². The normalized spacial score (nSPS) is 16.4. The van der Waals surface area contributed by atoms with E-state index in [-0.39, 0.29) is 5.82 Å². The third kappa shape index (κ3) is 8.19. The molecule has 0 unspecified atom stereocenters. The van der Waals surface area contributed by atoms with Crippen molar-refractivity contribution in [1.82, 2.24) is 19.4 Å². The molecule has 1 aromatic heterocycles. The zero-order valence-corrected chi connectivity index (χ0v) is 21.9. The van der Waals surface area contributed by atoms with E-state index in [1.807, 2.05) is 0 Å². The van der Waals surface area contributed by atoms with Crippen molar-refractivity contribution in [2.75, 3.05) is 51.0 Å². The number of amides is 2. The van der Waals surface area contributed by atoms with E-state index < -0.39 is 29.6 Å². The van der Waals surface area contributed by atoms with E-state index in [4.69, 9.17) is 5.73 Å². The van der Waals surface area contributed by atoms with Crippen LogP contribution in [0.3, 0.4) is 0 Å². The first-order valence-corrected chi connectivity index (χ1v) is 12.7. The van der Waals surface area contributed by atoms with Crippen molar-refractivity contribution >= 4 is 23.3 Å². The summed E-state index contributed by atoms with van der Waals surface area (Å²) in [4.78, 5) is 45.8. The second-order valence-corrected chi connectivity index (χ2v) is 10.1. The lowest BCUT2D eigenvalue weighted by atomic mass is 10.0. The Balaban J connectivity index is 1.45. The van der Waals surface area contributed by atoms with Crippen LogP contribution >= 0.6 is 0 Å². The van der Waals surface area contributed by atoms with Gasteiger partial charge in [0.25, 0.3) is 5.91 Å². The standard InChI is InChI=1S/C26H39N7O4/c1-26(27,18-34)24(36)28-20-8-6-19(7-9-20)23(35)29-22-12-17-33(25(37)30-22)14-5-4-13-32-15-10-21(11-16-32)31(2)3/h6-9,12,17,21,34H,4-5,10-11,13-16,18,27H2,1-3H3,(H,28,36)(H,29,30,35,37)/t26-/m0/s1. The van der Waals surface area contributed by atoms with Crippen LogP contribution < -0.4 is 22.1 Å². The molecule has 1 aliphatic rings. The summed E-state index contributed by atoms with van der Waals surface area (Å²) >= 11 is 0. The van der Waals surface area contributed by atoms with Gasteiger partial charge in [0.1, 0.15) is 11.4 Å². The molecule has 0 spiro atoms. The van der Waals surface area contributed by atoms with Crippen LogP contribution in [-0.2, 0) is 11.3 Å². The van der Waals surface area contributed by atoms with Crippen LogP contribution in [0.2, 0.25) is 0 Å². The molecule has 0 saturated carbocycles. The summed E-state index contributed by atoms with van der Waals surface area (Å²) in [6, 6.07) is 8.44. The predicted molar refractivity (Wildman–Crippen MR) is 144 cm³/mol. The Bertz CT molecular complexity index is 1110. The molecule has 0 aliphatic carbocycles. The topological polar surface area (TPSA) is 146 Å². The van der Waals surface area contributed by atoms with Gasteiger partial charge in [-0.3, -0.25) is 14.2 Å². The molecule has 1 aliphatic heterocycles. The van der Waals surface area contributed by atoms with Crippen LogP contribution in [0.4, 0.5) is 11.5 Å². The van der Waals surface area contributed by atoms with Crippen LogP contribution in [0.25, 0.3) is 0 Å². The SMILES string of the molecule is CN(C)C1CCN(CCCCn2ccc(NC(=O)c3ccc(NC(=O)[C@@](C)(N)CO)cc3)nc2=O)CC1. The van der Waals surface area contributed by atoms with Crippen molar-refractivity contribution in [2.45, 2.75) is 50.7 Å². The molecular weight excluding hydrogens is 474 g/mol. The number of carbonyl (C=O) groups is 2. The highest BCUT2D eigenvalue weighted by Crippen LogP contribution is 2.15. The second kappa shape index (κ2) is 12.9. The van der Waals surface area contributed by atoms with Gasteiger partial charge in [-0.1, -0.05) is 0 Å². The first-order chi connectivity index (χ1) is 17.6. The lowest BCUT2D eigenvalue weighted by Crippen LogP contribution is -2.51. The summed E-state index contributed by atoms with van der Waals surface area (Å²) in [5.74, 6) is -0.796. The number of hydrogen-bond acceptors (Lipinski definition) is 8. The van der Waals surface area contributed by atoms with Crippen molar-refractivity contribution < 1.29 is 14.7 Å². The number of piperidine rings is 1. The molecule has 3 rings (SSSR count). The highest BCUT2D eigenvalue weighted by Gasteiger charge is 2.27. The van der Waals surface area contributed by atoms with E-state index in [0.29, 0.717) is 23.8 Å². The van der Waals surface area contributed by atoms with Crippen LogP contribution in [-0.4, -0.2) is 88.2 Å². The quantitative estimate of drug-likeness (QED) is 0.325. The zero-order valence-electron chi connectivity index (χ0n) is 21.9. The molecule has 0 radical (unpaired) electrons. The third-order valence-electron chi connectivity index (χ3n) is 6.78. The molecule has 2 heterocycles. The van der Waals surface area contributed by atoms with Crippen molar-refractivity contribution in [3.05, 3.63) is 52.6 Å². The number of carbonyl (C=O) groups excluding carboxylic acids is 2. The highest BCUT2D eigenvalue weighted by atomic mass is 16.3. The minimum atomic E-state index is -1.41. The molecule has 2 aromatic rings. The Morgan fingerprint density at radius 2 is 1.76 bits per heavy atom. The minimum Gasteiger partial charge on any atom is -0.394 e. The van der Waals surface area contributed by atoms with Gasteiger partial charge in [-0.15, -0.1) is 0 Å². The number of nitrogens with zero attached hydrogens (tertiary/aromatic N) is 4. The van der Waals surface area contributed by atoms with E-state index in [1.165, 1.54) is 31.9 Å². The number of nitrogens with two attached hydrogens (primary N) is 1. The van der Waals surface area contributed by atoms with Gasteiger partial charge in [-0.2, -0.15) is 4.98 Å². The van der Waals surface area contributed by atoms with Gasteiger partial charge < -0.3 is 31.3 Å². The predicted octanol–water partition coefficient (Wildman–Crippen LogP) is 0.950. The first kappa shape index (κ1) is 28.5. The van der Waals surface area contributed by atoms with Crippen LogP contribution in [0.15, 0.2) is 41.3 Å². The van der Waals surface area contributed by atoms with Crippen molar-refractivity contribution in [3.8, 4) is 0 Å². The maximum Gasteiger partial charge on any atom is 0.349 e. The fourth-order valence-electron chi connectivity index (χ4n) is 4.18. The van der Waals surface area contributed by atoms with E-state index in [0.717, 1.165) is 32.5 Å². The molecule has 0 bridgehead atoms. The minimum absolute atomic E-state index is 0.175. The molecule has 1 aromatic carbocycles. The monoisotopic (exact) mass is 513 g/mol. The molecule has 1 saturated heterocycles. The summed E-state index contributed by atoms with van der Waals surface area (Å²) < 4.78 is 1.56. The number of unbranched alkanes of at least 4 members (excludes halogenated alkanes) is 1. The van der Waals surface area contributed by atoms with Crippen molar-refractivity contribution in [2.24, 2.45) is 5.73 Å². The fraction of sp³-hybridized carbons (Fsp3) is 0.538. The summed E-state index contributed by atoms with van der Waals surface area (Å²) in [6.45, 7) is 4.77. The largest absolute Gasteiger partial charge is 0.394 e. The lowest BCUT2D eigenvalue weighted by Gasteiger charge is -2.35. The molecule has 5 N–H and O–H groups in total. The molecule has 202 valence electrons. The van der Waals surface area contributed by atoms with E-state index in [2.05, 4.69) is 39.5 Å². The van der Waals surface area contributed by atoms with Gasteiger partial charge in [0.2, 0.25) is 5.91 Å².